The number of aliphatic hydroxyl groups excluding tert-OH is 1. The minimum absolute atomic E-state index is 2.65. The van der Waals surface area contributed by atoms with Crippen LogP contribution >= 0.6 is 0 Å². The Labute approximate surface area is 97.5 Å². The molecule has 1 rings (SSSR count). The van der Waals surface area contributed by atoms with Gasteiger partial charge in [0.1, 0.15) is 6.61 Å². The van der Waals surface area contributed by atoms with Crippen LogP contribution in [0.25, 0.3) is 0 Å². The molecule has 2 nitrogen and oxygen atoms in total. The second kappa shape index (κ2) is 3.87. The normalized spacial score (nSPS) is 30.2. The Balaban J connectivity index is 3.73. The van der Waals surface area contributed by atoms with E-state index in [9.17, 15) is 43.9 Å². The maximum Gasteiger partial charge on any atom is 0.415 e. The van der Waals surface area contributed by atoms with E-state index in [1.807, 2.05) is 0 Å². The molecule has 1 fully saturated rings. The Morgan fingerprint density at radius 1 is 0.895 bits per heavy atom. The van der Waals surface area contributed by atoms with Crippen LogP contribution in [0, 0.1) is 5.41 Å². The van der Waals surface area contributed by atoms with Crippen LogP contribution in [-0.4, -0.2) is 42.2 Å². The maximum atomic E-state index is 13.1. The first-order chi connectivity index (χ1) is 8.13. The highest BCUT2D eigenvalue weighted by atomic mass is 19.4. The lowest BCUT2D eigenvalue weighted by Gasteiger charge is -2.50. The molecule has 0 aromatic heterocycles. The molecule has 0 aromatic rings. The average Bonchev–Trinajstić information content (AvgIpc) is 2.06. The molecule has 12 heteroatoms. The Kier molecular flexibility index (Phi) is 3.31. The summed E-state index contributed by atoms with van der Waals surface area (Å²) in [4.78, 5) is 0. The molecule has 0 spiro atoms. The van der Waals surface area contributed by atoms with Crippen LogP contribution in [0.4, 0.5) is 43.9 Å². The fraction of sp³-hybridized carbons (Fsp3) is 1.00. The number of ether oxygens (including phenoxy) is 1. The summed E-state index contributed by atoms with van der Waals surface area (Å²) in [5.41, 5.74) is -6.72. The molecule has 0 radical (unpaired) electrons. The fourth-order valence-electron chi connectivity index (χ4n) is 1.78. The second-order valence-electron chi connectivity index (χ2n) is 3.74. The fourth-order valence-corrected chi connectivity index (χ4v) is 1.78. The first-order valence-corrected chi connectivity index (χ1v) is 4.31. The number of halogens is 10. The summed E-state index contributed by atoms with van der Waals surface area (Å²) in [6.45, 7) is -2.65. The Hall–Kier alpha value is -0.780. The summed E-state index contributed by atoms with van der Waals surface area (Å²) in [6, 6.07) is 0. The van der Waals surface area contributed by atoms with E-state index in [0.29, 0.717) is 0 Å². The molecule has 114 valence electrons. The molecule has 19 heavy (non-hydrogen) atoms. The second-order valence-corrected chi connectivity index (χ2v) is 3.74. The molecular formula is C7H4F10O2. The van der Waals surface area contributed by atoms with Crippen LogP contribution < -0.4 is 0 Å². The van der Waals surface area contributed by atoms with Gasteiger partial charge in [-0.3, -0.25) is 0 Å². The van der Waals surface area contributed by atoms with Gasteiger partial charge in [0.25, 0.3) is 11.3 Å². The highest BCUT2D eigenvalue weighted by Gasteiger charge is 2.94. The van der Waals surface area contributed by atoms with E-state index in [-0.39, 0.29) is 0 Å². The van der Waals surface area contributed by atoms with Crippen molar-refractivity contribution < 1.29 is 53.7 Å². The Bertz CT molecular complexity index is 342. The Morgan fingerprint density at radius 3 is 1.53 bits per heavy atom. The van der Waals surface area contributed by atoms with Crippen molar-refractivity contribution >= 4 is 0 Å². The summed E-state index contributed by atoms with van der Waals surface area (Å²) >= 11 is 0. The van der Waals surface area contributed by atoms with Crippen LogP contribution in [0.5, 0.6) is 0 Å². The smallest absolute Gasteiger partial charge is 0.363 e. The average molecular weight is 310 g/mol. The topological polar surface area (TPSA) is 29.5 Å². The molecule has 0 bridgehead atoms. The van der Waals surface area contributed by atoms with Crippen LogP contribution in [0.3, 0.4) is 0 Å². The maximum absolute atomic E-state index is 13.1. The number of alkyl halides is 10. The van der Waals surface area contributed by atoms with E-state index in [1.54, 1.807) is 0 Å². The molecule has 0 saturated carbocycles. The van der Waals surface area contributed by atoms with Crippen molar-refractivity contribution in [3.63, 3.8) is 0 Å². The summed E-state index contributed by atoms with van der Waals surface area (Å²) < 4.78 is 130. The monoisotopic (exact) mass is 310 g/mol. The number of aliphatic hydroxyl groups is 1. The number of rotatable bonds is 0. The van der Waals surface area contributed by atoms with Crippen molar-refractivity contribution in [1.29, 1.82) is 0 Å². The number of hydrogen-bond donors (Lipinski definition) is 1. The quantitative estimate of drug-likeness (QED) is 0.697. The van der Waals surface area contributed by atoms with Gasteiger partial charge in [0.15, 0.2) is 0 Å². The molecular weight excluding hydrogens is 306 g/mol. The van der Waals surface area contributed by atoms with Gasteiger partial charge in [-0.1, -0.05) is 0 Å². The minimum Gasteiger partial charge on any atom is -0.363 e. The molecule has 0 aromatic carbocycles. The van der Waals surface area contributed by atoms with Crippen molar-refractivity contribution in [2.75, 3.05) is 6.61 Å². The van der Waals surface area contributed by atoms with Crippen molar-refractivity contribution in [3.05, 3.63) is 0 Å². The third-order valence-corrected chi connectivity index (χ3v) is 2.63. The van der Waals surface area contributed by atoms with Gasteiger partial charge in [-0.25, -0.2) is 8.78 Å². The van der Waals surface area contributed by atoms with Crippen molar-refractivity contribution in [1.82, 2.24) is 0 Å². The summed E-state index contributed by atoms with van der Waals surface area (Å²) in [7, 11) is 0. The van der Waals surface area contributed by atoms with Gasteiger partial charge < -0.3 is 9.84 Å². The summed E-state index contributed by atoms with van der Waals surface area (Å²) in [5.74, 6) is -12.3. The van der Waals surface area contributed by atoms with Crippen molar-refractivity contribution in [2.45, 2.75) is 30.5 Å². The minimum atomic E-state index is -7.07. The standard InChI is InChI=1S/C7H4F10O2/c8-3(9)1-19-2(18)4(10,11)5(3,6(12,13)14)7(15,16)17/h2,18H,1H2. The third kappa shape index (κ3) is 1.79. The highest BCUT2D eigenvalue weighted by Crippen LogP contribution is 2.68. The third-order valence-electron chi connectivity index (χ3n) is 2.63. The predicted molar refractivity (Wildman–Crippen MR) is 36.4 cm³/mol. The zero-order valence-electron chi connectivity index (χ0n) is 8.42. The van der Waals surface area contributed by atoms with E-state index < -0.39 is 42.5 Å². The van der Waals surface area contributed by atoms with Crippen LogP contribution in [0.1, 0.15) is 0 Å². The highest BCUT2D eigenvalue weighted by molar-refractivity contribution is 5.14. The summed E-state index contributed by atoms with van der Waals surface area (Å²) in [5, 5.41) is 8.43. The molecule has 1 unspecified atom stereocenters. The zero-order chi connectivity index (χ0) is 15.5. The van der Waals surface area contributed by atoms with E-state index in [2.05, 4.69) is 4.74 Å². The van der Waals surface area contributed by atoms with Crippen molar-refractivity contribution in [3.8, 4) is 0 Å². The lowest BCUT2D eigenvalue weighted by molar-refractivity contribution is -0.502. The van der Waals surface area contributed by atoms with E-state index in [1.165, 1.54) is 0 Å². The molecule has 1 heterocycles. The van der Waals surface area contributed by atoms with E-state index in [4.69, 9.17) is 5.11 Å². The molecule has 1 aliphatic rings. The largest absolute Gasteiger partial charge is 0.415 e. The van der Waals surface area contributed by atoms with E-state index >= 15 is 0 Å². The zero-order valence-corrected chi connectivity index (χ0v) is 8.42. The molecule has 1 saturated heterocycles. The van der Waals surface area contributed by atoms with Gasteiger partial charge in [-0.15, -0.1) is 0 Å². The van der Waals surface area contributed by atoms with Crippen LogP contribution in [0.2, 0.25) is 0 Å². The molecule has 0 aliphatic carbocycles. The molecule has 1 aliphatic heterocycles. The van der Waals surface area contributed by atoms with Crippen LogP contribution in [-0.2, 0) is 4.74 Å². The van der Waals surface area contributed by atoms with E-state index in [0.717, 1.165) is 0 Å². The lowest BCUT2D eigenvalue weighted by atomic mass is 9.71. The summed E-state index contributed by atoms with van der Waals surface area (Å²) in [6.07, 6.45) is -18.1. The van der Waals surface area contributed by atoms with Gasteiger partial charge >= 0.3 is 18.3 Å². The molecule has 1 atom stereocenters. The molecule has 0 amide bonds. The Morgan fingerprint density at radius 2 is 1.26 bits per heavy atom. The van der Waals surface area contributed by atoms with Gasteiger partial charge in [0.05, 0.1) is 0 Å². The van der Waals surface area contributed by atoms with Gasteiger partial charge in [0, 0.05) is 0 Å². The van der Waals surface area contributed by atoms with Crippen molar-refractivity contribution in [2.24, 2.45) is 5.41 Å². The molecule has 1 N–H and O–H groups in total. The van der Waals surface area contributed by atoms with Gasteiger partial charge in [0.2, 0.25) is 6.29 Å². The SMILES string of the molecule is OC1OCC(F)(F)C(C(F)(F)F)(C(F)(F)F)C1(F)F. The van der Waals surface area contributed by atoms with Crippen LogP contribution in [0.15, 0.2) is 0 Å². The predicted octanol–water partition coefficient (Wildman–Crippen LogP) is 2.72. The first kappa shape index (κ1) is 16.3. The van der Waals surface area contributed by atoms with Gasteiger partial charge in [-0.2, -0.15) is 35.1 Å². The number of hydrogen-bond acceptors (Lipinski definition) is 2. The lowest BCUT2D eigenvalue weighted by Crippen LogP contribution is -2.76. The van der Waals surface area contributed by atoms with Gasteiger partial charge in [-0.05, 0) is 0 Å². The first-order valence-electron chi connectivity index (χ1n) is 4.31.